The molecule has 0 spiro atoms. The van der Waals surface area contributed by atoms with Gasteiger partial charge < -0.3 is 10.1 Å². The third kappa shape index (κ3) is 2.18. The van der Waals surface area contributed by atoms with E-state index < -0.39 is 0 Å². The monoisotopic (exact) mass is 209 g/mol. The molecule has 1 aliphatic rings. The van der Waals surface area contributed by atoms with E-state index in [9.17, 15) is 4.79 Å². The number of carbonyl (C=O) groups is 1. The Balaban J connectivity index is 2.08. The molecule has 82 valence electrons. The van der Waals surface area contributed by atoms with Crippen molar-refractivity contribution in [3.05, 3.63) is 17.5 Å². The number of esters is 1. The number of hydrogen-bond donors (Lipinski definition) is 2. The second-order valence-corrected chi connectivity index (χ2v) is 3.72. The lowest BCUT2D eigenvalue weighted by molar-refractivity contribution is 0.0594. The maximum Gasteiger partial charge on any atom is 0.358 e. The van der Waals surface area contributed by atoms with E-state index in [-0.39, 0.29) is 5.97 Å². The highest BCUT2D eigenvalue weighted by molar-refractivity contribution is 5.87. The van der Waals surface area contributed by atoms with E-state index in [1.54, 1.807) is 6.07 Å². The van der Waals surface area contributed by atoms with Crippen LogP contribution >= 0.6 is 0 Å². The molecule has 1 fully saturated rings. The van der Waals surface area contributed by atoms with Gasteiger partial charge in [0, 0.05) is 11.6 Å². The van der Waals surface area contributed by atoms with Gasteiger partial charge in [-0.05, 0) is 32.0 Å². The van der Waals surface area contributed by atoms with Crippen LogP contribution in [0.15, 0.2) is 6.07 Å². The summed E-state index contributed by atoms with van der Waals surface area (Å²) < 4.78 is 4.60. The van der Waals surface area contributed by atoms with Gasteiger partial charge in [0.05, 0.1) is 7.11 Å². The zero-order valence-corrected chi connectivity index (χ0v) is 8.75. The molecule has 0 aromatic carbocycles. The first-order chi connectivity index (χ1) is 7.31. The number of hydrogen-bond acceptors (Lipinski definition) is 4. The Hall–Kier alpha value is -1.36. The van der Waals surface area contributed by atoms with E-state index in [4.69, 9.17) is 0 Å². The maximum atomic E-state index is 11.2. The summed E-state index contributed by atoms with van der Waals surface area (Å²) in [6.07, 6.45) is 2.17. The molecule has 15 heavy (non-hydrogen) atoms. The van der Waals surface area contributed by atoms with Crippen LogP contribution in [0.3, 0.4) is 0 Å². The van der Waals surface area contributed by atoms with Crippen molar-refractivity contribution in [1.82, 2.24) is 15.5 Å². The molecule has 0 aliphatic carbocycles. The Morgan fingerprint density at radius 3 is 2.93 bits per heavy atom. The minimum atomic E-state index is -0.383. The average molecular weight is 209 g/mol. The first-order valence-electron chi connectivity index (χ1n) is 5.15. The Morgan fingerprint density at radius 1 is 1.53 bits per heavy atom. The van der Waals surface area contributed by atoms with E-state index in [0.717, 1.165) is 31.6 Å². The molecule has 5 heteroatoms. The number of aromatic nitrogens is 2. The first-order valence-corrected chi connectivity index (χ1v) is 5.15. The van der Waals surface area contributed by atoms with Crippen molar-refractivity contribution < 1.29 is 9.53 Å². The average Bonchev–Trinajstić information content (AvgIpc) is 2.78. The molecular weight excluding hydrogens is 194 g/mol. The summed E-state index contributed by atoms with van der Waals surface area (Å²) >= 11 is 0. The molecule has 0 radical (unpaired) electrons. The Kier molecular flexibility index (Phi) is 3.01. The summed E-state index contributed by atoms with van der Waals surface area (Å²) in [7, 11) is 1.36. The van der Waals surface area contributed by atoms with Crippen LogP contribution in [0.5, 0.6) is 0 Å². The number of nitrogens with one attached hydrogen (secondary N) is 2. The lowest BCUT2D eigenvalue weighted by Gasteiger charge is -2.20. The number of ether oxygens (including phenoxy) is 1. The number of nitrogens with zero attached hydrogens (tertiary/aromatic N) is 1. The molecule has 1 saturated heterocycles. The van der Waals surface area contributed by atoms with E-state index in [1.165, 1.54) is 7.11 Å². The predicted molar refractivity (Wildman–Crippen MR) is 54.8 cm³/mol. The number of aromatic amines is 1. The van der Waals surface area contributed by atoms with Crippen LogP contribution in [-0.2, 0) is 4.74 Å². The van der Waals surface area contributed by atoms with Crippen LogP contribution in [0.2, 0.25) is 0 Å². The zero-order chi connectivity index (χ0) is 10.7. The van der Waals surface area contributed by atoms with Gasteiger partial charge in [0.25, 0.3) is 0 Å². The van der Waals surface area contributed by atoms with E-state index in [2.05, 4.69) is 20.3 Å². The van der Waals surface area contributed by atoms with Gasteiger partial charge >= 0.3 is 5.97 Å². The third-order valence-corrected chi connectivity index (χ3v) is 2.77. The second-order valence-electron chi connectivity index (χ2n) is 3.72. The fraction of sp³-hybridized carbons (Fsp3) is 0.600. The summed E-state index contributed by atoms with van der Waals surface area (Å²) in [4.78, 5) is 11.2. The van der Waals surface area contributed by atoms with Gasteiger partial charge in [0.2, 0.25) is 0 Å². The fourth-order valence-electron chi connectivity index (χ4n) is 1.89. The molecule has 0 amide bonds. The Morgan fingerprint density at radius 2 is 2.27 bits per heavy atom. The molecule has 1 aromatic rings. The Bertz CT molecular complexity index is 342. The number of methoxy groups -OCH3 is 1. The van der Waals surface area contributed by atoms with Crippen LogP contribution in [0.25, 0.3) is 0 Å². The summed E-state index contributed by atoms with van der Waals surface area (Å²) in [6.45, 7) is 2.05. The van der Waals surface area contributed by atoms with Crippen molar-refractivity contribution in [3.63, 3.8) is 0 Å². The number of carbonyl (C=O) groups excluding carboxylic acids is 1. The summed E-state index contributed by atoms with van der Waals surface area (Å²) in [5, 5.41) is 10.2. The third-order valence-electron chi connectivity index (χ3n) is 2.77. The smallest absolute Gasteiger partial charge is 0.358 e. The van der Waals surface area contributed by atoms with Crippen molar-refractivity contribution in [3.8, 4) is 0 Å². The van der Waals surface area contributed by atoms with Gasteiger partial charge in [0.15, 0.2) is 5.69 Å². The molecule has 0 unspecified atom stereocenters. The van der Waals surface area contributed by atoms with Gasteiger partial charge in [-0.25, -0.2) is 4.79 Å². The lowest BCUT2D eigenvalue weighted by atomic mass is 9.95. The van der Waals surface area contributed by atoms with Gasteiger partial charge in [-0.3, -0.25) is 5.10 Å². The SMILES string of the molecule is COC(=O)c1cc(C2CCNCC2)[nH]n1. The largest absolute Gasteiger partial charge is 0.464 e. The molecule has 1 aliphatic heterocycles. The van der Waals surface area contributed by atoms with Gasteiger partial charge in [-0.2, -0.15) is 5.10 Å². The minimum Gasteiger partial charge on any atom is -0.464 e. The molecule has 0 bridgehead atoms. The highest BCUT2D eigenvalue weighted by Crippen LogP contribution is 2.23. The molecule has 2 heterocycles. The first kappa shape index (κ1) is 10.2. The molecule has 0 saturated carbocycles. The molecular formula is C10H15N3O2. The van der Waals surface area contributed by atoms with E-state index in [1.807, 2.05) is 0 Å². The molecule has 1 aromatic heterocycles. The molecule has 0 atom stereocenters. The summed E-state index contributed by atoms with van der Waals surface area (Å²) in [6, 6.07) is 1.79. The van der Waals surface area contributed by atoms with Crippen LogP contribution in [0, 0.1) is 0 Å². The number of piperidine rings is 1. The van der Waals surface area contributed by atoms with Gasteiger partial charge in [-0.1, -0.05) is 0 Å². The highest BCUT2D eigenvalue weighted by Gasteiger charge is 2.19. The number of H-pyrrole nitrogens is 1. The van der Waals surface area contributed by atoms with Crippen molar-refractivity contribution in [2.75, 3.05) is 20.2 Å². The van der Waals surface area contributed by atoms with Crippen molar-refractivity contribution in [2.45, 2.75) is 18.8 Å². The highest BCUT2D eigenvalue weighted by atomic mass is 16.5. The standard InChI is InChI=1S/C10H15N3O2/c1-15-10(14)9-6-8(12-13-9)7-2-4-11-5-3-7/h6-7,11H,2-5H2,1H3,(H,12,13). The summed E-state index contributed by atoms with van der Waals surface area (Å²) in [5.41, 5.74) is 1.41. The van der Waals surface area contributed by atoms with E-state index >= 15 is 0 Å². The zero-order valence-electron chi connectivity index (χ0n) is 8.75. The van der Waals surface area contributed by atoms with Crippen molar-refractivity contribution in [2.24, 2.45) is 0 Å². The Labute approximate surface area is 88.2 Å². The molecule has 2 rings (SSSR count). The van der Waals surface area contributed by atoms with Crippen LogP contribution in [0.1, 0.15) is 34.9 Å². The van der Waals surface area contributed by atoms with Crippen LogP contribution in [-0.4, -0.2) is 36.4 Å². The van der Waals surface area contributed by atoms with Crippen LogP contribution < -0.4 is 5.32 Å². The molecule has 5 nitrogen and oxygen atoms in total. The fourth-order valence-corrected chi connectivity index (χ4v) is 1.89. The van der Waals surface area contributed by atoms with Gasteiger partial charge in [0.1, 0.15) is 0 Å². The van der Waals surface area contributed by atoms with E-state index in [0.29, 0.717) is 11.6 Å². The lowest BCUT2D eigenvalue weighted by Crippen LogP contribution is -2.26. The molecule has 2 N–H and O–H groups in total. The topological polar surface area (TPSA) is 67.0 Å². The van der Waals surface area contributed by atoms with Crippen molar-refractivity contribution in [1.29, 1.82) is 0 Å². The van der Waals surface area contributed by atoms with Crippen LogP contribution in [0.4, 0.5) is 0 Å². The quantitative estimate of drug-likeness (QED) is 0.702. The number of rotatable bonds is 2. The predicted octanol–water partition coefficient (Wildman–Crippen LogP) is 0.663. The normalized spacial score (nSPS) is 17.7. The minimum absolute atomic E-state index is 0.367. The van der Waals surface area contributed by atoms with Crippen molar-refractivity contribution >= 4 is 5.97 Å². The maximum absolute atomic E-state index is 11.2. The summed E-state index contributed by atoms with van der Waals surface area (Å²) in [5.74, 6) is 0.101. The van der Waals surface area contributed by atoms with Gasteiger partial charge in [-0.15, -0.1) is 0 Å². The second kappa shape index (κ2) is 4.44.